The summed E-state index contributed by atoms with van der Waals surface area (Å²) in [5, 5.41) is 5.66. The van der Waals surface area contributed by atoms with Crippen molar-refractivity contribution in [3.63, 3.8) is 0 Å². The molecule has 0 radical (unpaired) electrons. The van der Waals surface area contributed by atoms with Gasteiger partial charge in [-0.2, -0.15) is 0 Å². The summed E-state index contributed by atoms with van der Waals surface area (Å²) in [6.45, 7) is 2.26. The minimum atomic E-state index is -0.151. The van der Waals surface area contributed by atoms with Crippen LogP contribution in [0.5, 0.6) is 5.75 Å². The van der Waals surface area contributed by atoms with Crippen LogP contribution in [0.1, 0.15) is 0 Å². The van der Waals surface area contributed by atoms with Crippen molar-refractivity contribution >= 4 is 17.7 Å². The van der Waals surface area contributed by atoms with Gasteiger partial charge in [-0.25, -0.2) is 9.59 Å². The summed E-state index contributed by atoms with van der Waals surface area (Å²) in [6, 6.07) is 7.12. The van der Waals surface area contributed by atoms with E-state index in [0.717, 1.165) is 0 Å². The molecule has 1 aromatic rings. The molecule has 0 saturated carbocycles. The summed E-state index contributed by atoms with van der Waals surface area (Å²) in [7, 11) is 1.59. The maximum absolute atomic E-state index is 12.3. The molecule has 0 aliphatic carbocycles. The second-order valence-corrected chi connectivity index (χ2v) is 5.14. The molecule has 21 heavy (non-hydrogen) atoms. The number of rotatable bonds is 2. The molecule has 2 fully saturated rings. The van der Waals surface area contributed by atoms with Crippen LogP contribution in [0.3, 0.4) is 0 Å². The topological polar surface area (TPSA) is 73.9 Å². The van der Waals surface area contributed by atoms with Crippen molar-refractivity contribution in [2.45, 2.75) is 6.04 Å². The zero-order valence-corrected chi connectivity index (χ0v) is 11.8. The minimum Gasteiger partial charge on any atom is -0.497 e. The number of ether oxygens (including phenoxy) is 1. The highest BCUT2D eigenvalue weighted by Crippen LogP contribution is 2.19. The van der Waals surface area contributed by atoms with Crippen LogP contribution >= 0.6 is 0 Å². The van der Waals surface area contributed by atoms with Crippen LogP contribution in [0.15, 0.2) is 24.3 Å². The lowest BCUT2D eigenvalue weighted by Crippen LogP contribution is -2.54. The number of carbonyl (C=O) groups is 2. The van der Waals surface area contributed by atoms with Crippen LogP contribution in [0, 0.1) is 0 Å². The van der Waals surface area contributed by atoms with Gasteiger partial charge >= 0.3 is 12.1 Å². The first-order valence-electron chi connectivity index (χ1n) is 6.92. The molecule has 2 saturated heterocycles. The number of anilines is 1. The van der Waals surface area contributed by atoms with Crippen LogP contribution < -0.4 is 15.4 Å². The zero-order chi connectivity index (χ0) is 14.8. The number of benzene rings is 1. The summed E-state index contributed by atoms with van der Waals surface area (Å²) >= 11 is 0. The molecule has 4 amide bonds. The van der Waals surface area contributed by atoms with E-state index < -0.39 is 0 Å². The third-order valence-corrected chi connectivity index (χ3v) is 3.84. The van der Waals surface area contributed by atoms with Crippen molar-refractivity contribution < 1.29 is 14.3 Å². The number of nitrogens with zero attached hydrogens (tertiary/aromatic N) is 2. The van der Waals surface area contributed by atoms with Crippen LogP contribution in [-0.4, -0.2) is 61.2 Å². The van der Waals surface area contributed by atoms with Gasteiger partial charge in [0, 0.05) is 37.9 Å². The van der Waals surface area contributed by atoms with Crippen molar-refractivity contribution in [3.8, 4) is 5.75 Å². The number of methoxy groups -OCH3 is 1. The first-order valence-corrected chi connectivity index (χ1v) is 6.92. The van der Waals surface area contributed by atoms with Gasteiger partial charge in [0.1, 0.15) is 5.75 Å². The number of hydrogen-bond donors (Lipinski definition) is 2. The molecule has 2 heterocycles. The highest BCUT2D eigenvalue weighted by Gasteiger charge is 2.36. The molecule has 2 N–H and O–H groups in total. The van der Waals surface area contributed by atoms with Crippen LogP contribution in [0.4, 0.5) is 15.3 Å². The van der Waals surface area contributed by atoms with Crippen molar-refractivity contribution in [1.29, 1.82) is 0 Å². The van der Waals surface area contributed by atoms with Crippen molar-refractivity contribution in [1.82, 2.24) is 15.1 Å². The maximum Gasteiger partial charge on any atom is 0.321 e. The Morgan fingerprint density at radius 3 is 3.10 bits per heavy atom. The van der Waals surface area contributed by atoms with E-state index in [1.54, 1.807) is 23.0 Å². The monoisotopic (exact) mass is 290 g/mol. The highest BCUT2D eigenvalue weighted by molar-refractivity contribution is 5.90. The van der Waals surface area contributed by atoms with Gasteiger partial charge in [0.15, 0.2) is 0 Å². The van der Waals surface area contributed by atoms with Gasteiger partial charge in [0.2, 0.25) is 0 Å². The average molecular weight is 290 g/mol. The van der Waals surface area contributed by atoms with E-state index in [0.29, 0.717) is 37.6 Å². The number of nitrogens with one attached hydrogen (secondary N) is 2. The minimum absolute atomic E-state index is 0.0344. The van der Waals surface area contributed by atoms with Crippen LogP contribution in [0.25, 0.3) is 0 Å². The van der Waals surface area contributed by atoms with E-state index in [-0.39, 0.29) is 18.1 Å². The van der Waals surface area contributed by atoms with Gasteiger partial charge in [-0.3, -0.25) is 0 Å². The molecule has 0 bridgehead atoms. The molecular formula is C14H18N4O3. The van der Waals surface area contributed by atoms with Gasteiger partial charge in [-0.05, 0) is 12.1 Å². The molecule has 0 aromatic heterocycles. The maximum atomic E-state index is 12.3. The molecule has 3 rings (SSSR count). The molecule has 7 nitrogen and oxygen atoms in total. The molecule has 2 aliphatic heterocycles. The lowest BCUT2D eigenvalue weighted by Gasteiger charge is -2.36. The van der Waals surface area contributed by atoms with Gasteiger partial charge in [-0.15, -0.1) is 0 Å². The standard InChI is InChI=1S/C14H18N4O3/c1-21-12-4-2-3-10(7-12)16-14(20)17-5-6-18-11(9-17)8-15-13(18)19/h2-4,7,11H,5-6,8-9H2,1H3,(H,15,19)(H,16,20). The van der Waals surface area contributed by atoms with E-state index in [1.807, 2.05) is 18.2 Å². The molecule has 7 heteroatoms. The summed E-state index contributed by atoms with van der Waals surface area (Å²) < 4.78 is 5.13. The Morgan fingerprint density at radius 2 is 2.29 bits per heavy atom. The highest BCUT2D eigenvalue weighted by atomic mass is 16.5. The Bertz CT molecular complexity index is 563. The number of hydrogen-bond acceptors (Lipinski definition) is 3. The lowest BCUT2D eigenvalue weighted by atomic mass is 10.2. The molecule has 2 aliphatic rings. The van der Waals surface area contributed by atoms with Gasteiger partial charge in [0.05, 0.1) is 13.2 Å². The number of amides is 4. The number of piperazine rings is 1. The summed E-state index contributed by atoms with van der Waals surface area (Å²) in [5.74, 6) is 0.697. The SMILES string of the molecule is COc1cccc(NC(=O)N2CCN3C(=O)NCC3C2)c1. The quantitative estimate of drug-likeness (QED) is 0.851. The molecule has 112 valence electrons. The van der Waals surface area contributed by atoms with E-state index in [4.69, 9.17) is 4.74 Å². The average Bonchev–Trinajstić information content (AvgIpc) is 2.88. The Kier molecular flexibility index (Phi) is 3.55. The third kappa shape index (κ3) is 2.72. The molecule has 1 atom stereocenters. The van der Waals surface area contributed by atoms with E-state index in [9.17, 15) is 9.59 Å². The van der Waals surface area contributed by atoms with Crippen molar-refractivity contribution in [3.05, 3.63) is 24.3 Å². The zero-order valence-electron chi connectivity index (χ0n) is 11.8. The van der Waals surface area contributed by atoms with Gasteiger partial charge in [0.25, 0.3) is 0 Å². The number of urea groups is 2. The first kappa shape index (κ1) is 13.5. The number of fused-ring (bicyclic) bond motifs is 1. The second-order valence-electron chi connectivity index (χ2n) is 5.14. The third-order valence-electron chi connectivity index (χ3n) is 3.84. The molecular weight excluding hydrogens is 272 g/mol. The van der Waals surface area contributed by atoms with Crippen LogP contribution in [-0.2, 0) is 0 Å². The van der Waals surface area contributed by atoms with Crippen LogP contribution in [0.2, 0.25) is 0 Å². The van der Waals surface area contributed by atoms with Crippen molar-refractivity contribution in [2.75, 3.05) is 38.6 Å². The fraction of sp³-hybridized carbons (Fsp3) is 0.429. The van der Waals surface area contributed by atoms with E-state index >= 15 is 0 Å². The fourth-order valence-corrected chi connectivity index (χ4v) is 2.69. The predicted molar refractivity (Wildman–Crippen MR) is 77.5 cm³/mol. The Balaban J connectivity index is 1.62. The predicted octanol–water partition coefficient (Wildman–Crippen LogP) is 0.936. The van der Waals surface area contributed by atoms with Gasteiger partial charge < -0.3 is 25.2 Å². The largest absolute Gasteiger partial charge is 0.497 e. The smallest absolute Gasteiger partial charge is 0.321 e. The molecule has 1 aromatic carbocycles. The summed E-state index contributed by atoms with van der Waals surface area (Å²) in [4.78, 5) is 27.3. The Hall–Kier alpha value is -2.44. The fourth-order valence-electron chi connectivity index (χ4n) is 2.69. The van der Waals surface area contributed by atoms with Crippen molar-refractivity contribution in [2.24, 2.45) is 0 Å². The first-order chi connectivity index (χ1) is 10.2. The Morgan fingerprint density at radius 1 is 1.43 bits per heavy atom. The summed E-state index contributed by atoms with van der Waals surface area (Å²) in [5.41, 5.74) is 0.697. The second kappa shape index (κ2) is 5.51. The number of carbonyl (C=O) groups excluding carboxylic acids is 2. The summed E-state index contributed by atoms with van der Waals surface area (Å²) in [6.07, 6.45) is 0. The molecule has 0 spiro atoms. The van der Waals surface area contributed by atoms with E-state index in [1.165, 1.54) is 0 Å². The van der Waals surface area contributed by atoms with E-state index in [2.05, 4.69) is 10.6 Å². The normalized spacial score (nSPS) is 20.8. The van der Waals surface area contributed by atoms with Gasteiger partial charge in [-0.1, -0.05) is 6.07 Å². The molecule has 1 unspecified atom stereocenters. The Labute approximate surface area is 122 Å². The lowest BCUT2D eigenvalue weighted by molar-refractivity contribution is 0.136.